The average Bonchev–Trinajstić information content (AvgIpc) is 3.42. The molecule has 0 bridgehead atoms. The minimum Gasteiger partial charge on any atom is -0.420 e. The molecule has 0 spiro atoms. The Morgan fingerprint density at radius 3 is 2.62 bits per heavy atom. The van der Waals surface area contributed by atoms with Crippen LogP contribution in [0.2, 0.25) is 0 Å². The van der Waals surface area contributed by atoms with Gasteiger partial charge in [0.2, 0.25) is 11.8 Å². The minimum atomic E-state index is -0.305. The van der Waals surface area contributed by atoms with Gasteiger partial charge in [-0.25, -0.2) is 4.39 Å². The Kier molecular flexibility index (Phi) is 4.35. The van der Waals surface area contributed by atoms with E-state index in [2.05, 4.69) is 15.2 Å². The molecule has 1 amide bonds. The van der Waals surface area contributed by atoms with Crippen LogP contribution < -0.4 is 0 Å². The molecule has 2 aromatic heterocycles. The van der Waals surface area contributed by atoms with Gasteiger partial charge in [-0.2, -0.15) is 0 Å². The molecule has 2 aromatic carbocycles. The van der Waals surface area contributed by atoms with Crippen LogP contribution >= 0.6 is 0 Å². The van der Waals surface area contributed by atoms with E-state index in [0.717, 1.165) is 23.7 Å². The molecule has 6 nitrogen and oxygen atoms in total. The number of aromatic nitrogens is 3. The van der Waals surface area contributed by atoms with Gasteiger partial charge in [-0.1, -0.05) is 18.2 Å². The second-order valence-electron chi connectivity index (χ2n) is 7.27. The number of hydrogen-bond donors (Lipinski definition) is 1. The Labute approximate surface area is 166 Å². The van der Waals surface area contributed by atoms with Gasteiger partial charge in [-0.05, 0) is 43.2 Å². The van der Waals surface area contributed by atoms with Crippen molar-refractivity contribution < 1.29 is 13.6 Å². The van der Waals surface area contributed by atoms with Crippen LogP contribution in [0.15, 0.2) is 59.1 Å². The van der Waals surface area contributed by atoms with E-state index in [1.54, 1.807) is 18.3 Å². The number of nitrogens with zero attached hydrogens (tertiary/aromatic N) is 3. The van der Waals surface area contributed by atoms with E-state index in [4.69, 9.17) is 4.42 Å². The fourth-order valence-corrected chi connectivity index (χ4v) is 3.86. The van der Waals surface area contributed by atoms with Gasteiger partial charge in [-0.15, -0.1) is 10.2 Å². The molecule has 0 unspecified atom stereocenters. The second-order valence-corrected chi connectivity index (χ2v) is 7.27. The summed E-state index contributed by atoms with van der Waals surface area (Å²) in [6.45, 7) is 1.27. The first-order chi connectivity index (χ1) is 14.2. The number of para-hydroxylation sites is 1. The van der Waals surface area contributed by atoms with Crippen LogP contribution in [-0.4, -0.2) is 39.1 Å². The van der Waals surface area contributed by atoms with Crippen LogP contribution in [0.25, 0.3) is 22.4 Å². The monoisotopic (exact) mass is 390 g/mol. The molecule has 0 saturated carbocycles. The van der Waals surface area contributed by atoms with Crippen molar-refractivity contribution in [3.05, 3.63) is 72.0 Å². The minimum absolute atomic E-state index is 0.0402. The van der Waals surface area contributed by atoms with Crippen molar-refractivity contribution in [3.8, 4) is 11.5 Å². The Morgan fingerprint density at radius 1 is 1.07 bits per heavy atom. The van der Waals surface area contributed by atoms with Gasteiger partial charge in [0.25, 0.3) is 5.91 Å². The van der Waals surface area contributed by atoms with Crippen molar-refractivity contribution in [1.29, 1.82) is 0 Å². The van der Waals surface area contributed by atoms with E-state index in [-0.39, 0.29) is 17.6 Å². The molecule has 29 heavy (non-hydrogen) atoms. The molecule has 5 rings (SSSR count). The van der Waals surface area contributed by atoms with Crippen LogP contribution in [0.4, 0.5) is 4.39 Å². The first-order valence-corrected chi connectivity index (χ1v) is 9.64. The van der Waals surface area contributed by atoms with Crippen molar-refractivity contribution in [2.75, 3.05) is 13.1 Å². The SMILES string of the molecule is O=C(c1c[nH]c2ccccc12)N1CCC(c2nnc(-c3ccc(F)cc3)o2)CC1. The molecule has 1 aliphatic rings. The lowest BCUT2D eigenvalue weighted by Gasteiger charge is -2.30. The van der Waals surface area contributed by atoms with Gasteiger partial charge >= 0.3 is 0 Å². The topological polar surface area (TPSA) is 75.0 Å². The van der Waals surface area contributed by atoms with E-state index in [0.29, 0.717) is 36.0 Å². The van der Waals surface area contributed by atoms with Crippen molar-refractivity contribution in [1.82, 2.24) is 20.1 Å². The molecular formula is C22H19FN4O2. The maximum Gasteiger partial charge on any atom is 0.256 e. The molecular weight excluding hydrogens is 371 g/mol. The Hall–Kier alpha value is -3.48. The van der Waals surface area contributed by atoms with Crippen molar-refractivity contribution in [2.45, 2.75) is 18.8 Å². The van der Waals surface area contributed by atoms with Crippen LogP contribution in [0, 0.1) is 5.82 Å². The molecule has 1 saturated heterocycles. The van der Waals surface area contributed by atoms with Gasteiger partial charge in [0.1, 0.15) is 5.82 Å². The zero-order valence-electron chi connectivity index (χ0n) is 15.6. The smallest absolute Gasteiger partial charge is 0.256 e. The average molecular weight is 390 g/mol. The number of rotatable bonds is 3. The van der Waals surface area contributed by atoms with E-state index >= 15 is 0 Å². The van der Waals surface area contributed by atoms with Crippen LogP contribution in [0.1, 0.15) is 35.0 Å². The maximum absolute atomic E-state index is 13.1. The summed E-state index contributed by atoms with van der Waals surface area (Å²) < 4.78 is 18.9. The number of carbonyl (C=O) groups excluding carboxylic acids is 1. The molecule has 7 heteroatoms. The Balaban J connectivity index is 1.27. The number of nitrogens with one attached hydrogen (secondary N) is 1. The number of halogens is 1. The number of aromatic amines is 1. The van der Waals surface area contributed by atoms with Gasteiger partial charge in [0.05, 0.1) is 5.56 Å². The maximum atomic E-state index is 13.1. The number of H-pyrrole nitrogens is 1. The third kappa shape index (κ3) is 3.29. The second kappa shape index (κ2) is 7.16. The molecule has 4 aromatic rings. The van der Waals surface area contributed by atoms with E-state index < -0.39 is 0 Å². The lowest BCUT2D eigenvalue weighted by Crippen LogP contribution is -2.37. The normalized spacial score (nSPS) is 15.1. The Bertz CT molecular complexity index is 1160. The molecule has 0 atom stereocenters. The first kappa shape index (κ1) is 17.6. The van der Waals surface area contributed by atoms with E-state index in [1.165, 1.54) is 12.1 Å². The van der Waals surface area contributed by atoms with Gasteiger partial charge < -0.3 is 14.3 Å². The molecule has 1 fully saturated rings. The highest BCUT2D eigenvalue weighted by Gasteiger charge is 2.29. The quantitative estimate of drug-likeness (QED) is 0.563. The predicted octanol–water partition coefficient (Wildman–Crippen LogP) is 4.38. The first-order valence-electron chi connectivity index (χ1n) is 9.64. The summed E-state index contributed by atoms with van der Waals surface area (Å²) in [5.74, 6) is 0.809. The summed E-state index contributed by atoms with van der Waals surface area (Å²) in [6.07, 6.45) is 3.31. The largest absolute Gasteiger partial charge is 0.420 e. The van der Waals surface area contributed by atoms with Crippen LogP contribution in [0.5, 0.6) is 0 Å². The summed E-state index contributed by atoms with van der Waals surface area (Å²) >= 11 is 0. The number of piperidine rings is 1. The van der Waals surface area contributed by atoms with Gasteiger partial charge in [-0.3, -0.25) is 4.79 Å². The van der Waals surface area contributed by atoms with Gasteiger partial charge in [0.15, 0.2) is 0 Å². The standard InChI is InChI=1S/C22H19FN4O2/c23-16-7-5-14(6-8-16)20-25-26-21(29-20)15-9-11-27(12-10-15)22(28)18-13-24-19-4-2-1-3-17(18)19/h1-8,13,15,24H,9-12H2. The molecule has 1 aliphatic heterocycles. The van der Waals surface area contributed by atoms with E-state index in [9.17, 15) is 9.18 Å². The van der Waals surface area contributed by atoms with Crippen LogP contribution in [-0.2, 0) is 0 Å². The molecule has 146 valence electrons. The number of benzene rings is 2. The number of fused-ring (bicyclic) bond motifs is 1. The Morgan fingerprint density at radius 2 is 1.83 bits per heavy atom. The van der Waals surface area contributed by atoms with Crippen molar-refractivity contribution in [3.63, 3.8) is 0 Å². The lowest BCUT2D eigenvalue weighted by molar-refractivity contribution is 0.0708. The van der Waals surface area contributed by atoms with Crippen molar-refractivity contribution in [2.24, 2.45) is 0 Å². The van der Waals surface area contributed by atoms with Gasteiger partial charge in [0, 0.05) is 41.7 Å². The lowest BCUT2D eigenvalue weighted by atomic mass is 9.96. The number of amides is 1. The third-order valence-corrected chi connectivity index (χ3v) is 5.48. The molecule has 3 heterocycles. The number of hydrogen-bond acceptors (Lipinski definition) is 4. The molecule has 1 N–H and O–H groups in total. The third-order valence-electron chi connectivity index (χ3n) is 5.48. The zero-order chi connectivity index (χ0) is 19.8. The molecule has 0 radical (unpaired) electrons. The summed E-state index contributed by atoms with van der Waals surface area (Å²) in [6, 6.07) is 13.8. The number of likely N-dealkylation sites (tertiary alicyclic amines) is 1. The summed E-state index contributed by atoms with van der Waals surface area (Å²) in [7, 11) is 0. The van der Waals surface area contributed by atoms with Crippen molar-refractivity contribution >= 4 is 16.8 Å². The predicted molar refractivity (Wildman–Crippen MR) is 106 cm³/mol. The van der Waals surface area contributed by atoms with E-state index in [1.807, 2.05) is 29.2 Å². The fraction of sp³-hybridized carbons (Fsp3) is 0.227. The summed E-state index contributed by atoms with van der Waals surface area (Å²) in [4.78, 5) is 18.0. The van der Waals surface area contributed by atoms with Crippen LogP contribution in [0.3, 0.4) is 0 Å². The fourth-order valence-electron chi connectivity index (χ4n) is 3.86. The summed E-state index contributed by atoms with van der Waals surface area (Å²) in [5.41, 5.74) is 2.36. The zero-order valence-corrected chi connectivity index (χ0v) is 15.6. The highest BCUT2D eigenvalue weighted by atomic mass is 19.1. The highest BCUT2D eigenvalue weighted by Crippen LogP contribution is 2.30. The summed E-state index contributed by atoms with van der Waals surface area (Å²) in [5, 5.41) is 9.22. The highest BCUT2D eigenvalue weighted by molar-refractivity contribution is 6.06. The molecule has 0 aliphatic carbocycles. The number of carbonyl (C=O) groups is 1.